The Balaban J connectivity index is 1.85. The SMILES string of the molecule is CNC(=O)C(=O)N/N=C/c1ccc(OCc2ccc(Cl)cc2)cc1. The van der Waals surface area contributed by atoms with Crippen molar-refractivity contribution in [1.82, 2.24) is 10.7 Å². The van der Waals surface area contributed by atoms with Crippen molar-refractivity contribution in [3.8, 4) is 5.75 Å². The predicted octanol–water partition coefficient (Wildman–Crippen LogP) is 2.12. The molecule has 6 nitrogen and oxygen atoms in total. The minimum absolute atomic E-state index is 0.437. The first-order chi connectivity index (χ1) is 11.6. The van der Waals surface area contributed by atoms with Gasteiger partial charge in [-0.25, -0.2) is 5.43 Å². The third-order valence-corrected chi connectivity index (χ3v) is 3.26. The lowest BCUT2D eigenvalue weighted by molar-refractivity contribution is -0.138. The van der Waals surface area contributed by atoms with Gasteiger partial charge in [0.2, 0.25) is 0 Å². The van der Waals surface area contributed by atoms with Gasteiger partial charge in [-0.2, -0.15) is 5.10 Å². The number of carbonyl (C=O) groups is 2. The number of rotatable bonds is 5. The van der Waals surface area contributed by atoms with Crippen LogP contribution in [0.1, 0.15) is 11.1 Å². The van der Waals surface area contributed by atoms with E-state index in [9.17, 15) is 9.59 Å². The summed E-state index contributed by atoms with van der Waals surface area (Å²) in [5.41, 5.74) is 3.90. The van der Waals surface area contributed by atoms with E-state index in [2.05, 4.69) is 15.8 Å². The fraction of sp³-hybridized carbons (Fsp3) is 0.118. The number of benzene rings is 2. The summed E-state index contributed by atoms with van der Waals surface area (Å²) in [4.78, 5) is 22.2. The van der Waals surface area contributed by atoms with E-state index in [1.807, 2.05) is 24.3 Å². The molecular formula is C17H16ClN3O3. The molecule has 0 radical (unpaired) electrons. The molecule has 0 spiro atoms. The zero-order valence-corrected chi connectivity index (χ0v) is 13.7. The van der Waals surface area contributed by atoms with Crippen LogP contribution in [0.4, 0.5) is 0 Å². The van der Waals surface area contributed by atoms with Crippen molar-refractivity contribution < 1.29 is 14.3 Å². The van der Waals surface area contributed by atoms with Crippen LogP contribution >= 0.6 is 11.6 Å². The van der Waals surface area contributed by atoms with Gasteiger partial charge in [-0.1, -0.05) is 23.7 Å². The summed E-state index contributed by atoms with van der Waals surface area (Å²) < 4.78 is 5.67. The van der Waals surface area contributed by atoms with Crippen molar-refractivity contribution in [2.24, 2.45) is 5.10 Å². The molecule has 0 heterocycles. The van der Waals surface area contributed by atoms with E-state index in [0.29, 0.717) is 17.4 Å². The first-order valence-corrected chi connectivity index (χ1v) is 7.48. The highest BCUT2D eigenvalue weighted by molar-refractivity contribution is 6.35. The predicted molar refractivity (Wildman–Crippen MR) is 92.0 cm³/mol. The lowest BCUT2D eigenvalue weighted by Gasteiger charge is -2.06. The highest BCUT2D eigenvalue weighted by Crippen LogP contribution is 2.15. The monoisotopic (exact) mass is 345 g/mol. The van der Waals surface area contributed by atoms with Crippen LogP contribution in [0.3, 0.4) is 0 Å². The van der Waals surface area contributed by atoms with Gasteiger partial charge in [0.25, 0.3) is 0 Å². The number of likely N-dealkylation sites (N-methyl/N-ethyl adjacent to an activating group) is 1. The summed E-state index contributed by atoms with van der Waals surface area (Å²) in [5.74, 6) is -0.869. The van der Waals surface area contributed by atoms with E-state index in [4.69, 9.17) is 16.3 Å². The zero-order chi connectivity index (χ0) is 17.4. The lowest BCUT2D eigenvalue weighted by atomic mass is 10.2. The Morgan fingerprint density at radius 1 is 1.08 bits per heavy atom. The molecule has 0 aliphatic heterocycles. The molecule has 2 rings (SSSR count). The molecule has 0 saturated carbocycles. The number of nitrogens with zero attached hydrogens (tertiary/aromatic N) is 1. The number of hydrazone groups is 1. The molecule has 0 fully saturated rings. The lowest BCUT2D eigenvalue weighted by Crippen LogP contribution is -2.35. The Hall–Kier alpha value is -2.86. The maximum atomic E-state index is 11.2. The number of halogens is 1. The number of nitrogens with one attached hydrogen (secondary N) is 2. The molecule has 0 aliphatic rings. The first-order valence-electron chi connectivity index (χ1n) is 7.11. The molecule has 0 unspecified atom stereocenters. The van der Waals surface area contributed by atoms with Crippen LogP contribution in [-0.2, 0) is 16.2 Å². The van der Waals surface area contributed by atoms with Gasteiger partial charge in [-0.15, -0.1) is 0 Å². The molecule has 7 heteroatoms. The van der Waals surface area contributed by atoms with Crippen molar-refractivity contribution in [3.05, 3.63) is 64.7 Å². The molecule has 0 aliphatic carbocycles. The maximum absolute atomic E-state index is 11.2. The van der Waals surface area contributed by atoms with Crippen molar-refractivity contribution in [2.75, 3.05) is 7.05 Å². The van der Waals surface area contributed by atoms with Crippen LogP contribution in [-0.4, -0.2) is 25.1 Å². The normalized spacial score (nSPS) is 10.4. The van der Waals surface area contributed by atoms with Crippen molar-refractivity contribution >= 4 is 29.6 Å². The van der Waals surface area contributed by atoms with Gasteiger partial charge < -0.3 is 10.1 Å². The minimum Gasteiger partial charge on any atom is -0.489 e. The van der Waals surface area contributed by atoms with Crippen LogP contribution in [0.25, 0.3) is 0 Å². The van der Waals surface area contributed by atoms with Crippen LogP contribution in [0.5, 0.6) is 5.75 Å². The van der Waals surface area contributed by atoms with E-state index >= 15 is 0 Å². The highest BCUT2D eigenvalue weighted by Gasteiger charge is 2.08. The molecule has 2 amide bonds. The fourth-order valence-electron chi connectivity index (χ4n) is 1.73. The number of amides is 2. The quantitative estimate of drug-likeness (QED) is 0.495. The Morgan fingerprint density at radius 2 is 1.75 bits per heavy atom. The molecule has 24 heavy (non-hydrogen) atoms. The zero-order valence-electron chi connectivity index (χ0n) is 13.0. The van der Waals surface area contributed by atoms with E-state index < -0.39 is 11.8 Å². The Bertz CT molecular complexity index is 728. The molecule has 2 aromatic rings. The smallest absolute Gasteiger partial charge is 0.329 e. The number of ether oxygens (including phenoxy) is 1. The van der Waals surface area contributed by atoms with E-state index in [1.54, 1.807) is 24.3 Å². The van der Waals surface area contributed by atoms with Crippen LogP contribution in [0.15, 0.2) is 53.6 Å². The van der Waals surface area contributed by atoms with Gasteiger partial charge in [0, 0.05) is 12.1 Å². The van der Waals surface area contributed by atoms with E-state index in [0.717, 1.165) is 11.1 Å². The molecule has 0 aromatic heterocycles. The Labute approximate surface area is 144 Å². The Morgan fingerprint density at radius 3 is 2.38 bits per heavy atom. The highest BCUT2D eigenvalue weighted by atomic mass is 35.5. The van der Waals surface area contributed by atoms with Gasteiger partial charge in [-0.05, 0) is 47.5 Å². The largest absolute Gasteiger partial charge is 0.489 e. The third kappa shape index (κ3) is 5.40. The summed E-state index contributed by atoms with van der Waals surface area (Å²) in [6.07, 6.45) is 1.43. The number of carbonyl (C=O) groups excluding carboxylic acids is 2. The van der Waals surface area contributed by atoms with Crippen LogP contribution in [0, 0.1) is 0 Å². The molecule has 0 saturated heterocycles. The van der Waals surface area contributed by atoms with Gasteiger partial charge in [0.05, 0.1) is 6.21 Å². The number of hydrogen-bond acceptors (Lipinski definition) is 4. The Kier molecular flexibility index (Phi) is 6.33. The fourth-order valence-corrected chi connectivity index (χ4v) is 1.85. The van der Waals surface area contributed by atoms with Crippen LogP contribution in [0.2, 0.25) is 5.02 Å². The average molecular weight is 346 g/mol. The molecular weight excluding hydrogens is 330 g/mol. The third-order valence-electron chi connectivity index (χ3n) is 3.01. The standard InChI is InChI=1S/C17H16ClN3O3/c1-19-16(22)17(23)21-20-10-12-4-8-15(9-5-12)24-11-13-2-6-14(18)7-3-13/h2-10H,11H2,1H3,(H,19,22)(H,21,23)/b20-10+. The van der Waals surface area contributed by atoms with Crippen LogP contribution < -0.4 is 15.5 Å². The average Bonchev–Trinajstić information content (AvgIpc) is 2.61. The van der Waals surface area contributed by atoms with Gasteiger partial charge in [0.1, 0.15) is 12.4 Å². The van der Waals surface area contributed by atoms with Gasteiger partial charge in [-0.3, -0.25) is 9.59 Å². The second-order valence-corrected chi connectivity index (χ2v) is 5.20. The maximum Gasteiger partial charge on any atom is 0.329 e. The molecule has 0 atom stereocenters. The second-order valence-electron chi connectivity index (χ2n) is 4.76. The first kappa shape index (κ1) is 17.5. The van der Waals surface area contributed by atoms with Gasteiger partial charge >= 0.3 is 11.8 Å². The van der Waals surface area contributed by atoms with Crippen molar-refractivity contribution in [1.29, 1.82) is 0 Å². The molecule has 2 aromatic carbocycles. The minimum atomic E-state index is -0.823. The van der Waals surface area contributed by atoms with E-state index in [1.165, 1.54) is 13.3 Å². The second kappa shape index (κ2) is 8.69. The molecule has 124 valence electrons. The van der Waals surface area contributed by atoms with E-state index in [-0.39, 0.29) is 0 Å². The summed E-state index contributed by atoms with van der Waals surface area (Å²) in [6, 6.07) is 14.6. The molecule has 0 bridgehead atoms. The van der Waals surface area contributed by atoms with Crippen molar-refractivity contribution in [2.45, 2.75) is 6.61 Å². The topological polar surface area (TPSA) is 79.8 Å². The summed E-state index contributed by atoms with van der Waals surface area (Å²) in [6.45, 7) is 0.437. The van der Waals surface area contributed by atoms with Gasteiger partial charge in [0.15, 0.2) is 0 Å². The summed E-state index contributed by atoms with van der Waals surface area (Å²) in [5, 5.41) is 6.59. The molecule has 2 N–H and O–H groups in total. The summed E-state index contributed by atoms with van der Waals surface area (Å²) in [7, 11) is 1.37. The van der Waals surface area contributed by atoms with Crippen molar-refractivity contribution in [3.63, 3.8) is 0 Å². The number of hydrogen-bond donors (Lipinski definition) is 2. The summed E-state index contributed by atoms with van der Waals surface area (Å²) >= 11 is 5.83.